The minimum absolute atomic E-state index is 0.0745. The summed E-state index contributed by atoms with van der Waals surface area (Å²) in [5.74, 6) is 1.73. The van der Waals surface area contributed by atoms with Crippen LogP contribution in [0.15, 0.2) is 36.7 Å². The zero-order chi connectivity index (χ0) is 22.8. The molecule has 4 rings (SSSR count). The molecule has 32 heavy (non-hydrogen) atoms. The summed E-state index contributed by atoms with van der Waals surface area (Å²) in [5.41, 5.74) is 7.35. The number of imidazole rings is 1. The zero-order valence-electron chi connectivity index (χ0n) is 17.3. The lowest BCUT2D eigenvalue weighted by Crippen LogP contribution is -2.08. The number of nitrogens with one attached hydrogen (secondary N) is 1. The van der Waals surface area contributed by atoms with Crippen molar-refractivity contribution >= 4 is 34.3 Å². The summed E-state index contributed by atoms with van der Waals surface area (Å²) in [6.45, 7) is 0. The van der Waals surface area contributed by atoms with Crippen molar-refractivity contribution < 1.29 is 19.1 Å². The number of nitrogens with two attached hydrogens (primary N) is 1. The van der Waals surface area contributed by atoms with Crippen LogP contribution in [0.3, 0.4) is 0 Å². The number of aromatic nitrogens is 5. The van der Waals surface area contributed by atoms with E-state index in [0.717, 1.165) is 0 Å². The highest BCUT2D eigenvalue weighted by atomic mass is 16.6. The van der Waals surface area contributed by atoms with Crippen LogP contribution < -0.4 is 25.3 Å². The molecule has 0 unspecified atom stereocenters. The van der Waals surface area contributed by atoms with Crippen LogP contribution in [0.1, 0.15) is 0 Å². The van der Waals surface area contributed by atoms with Gasteiger partial charge < -0.3 is 25.3 Å². The fraction of sp³-hybridized carbons (Fsp3) is 0.158. The fourth-order valence-electron chi connectivity index (χ4n) is 3.14. The Hall–Kier alpha value is -4.68. The third-order valence-corrected chi connectivity index (χ3v) is 4.55. The minimum atomic E-state index is -0.502. The quantitative estimate of drug-likeness (QED) is 0.321. The Morgan fingerprint density at radius 3 is 2.38 bits per heavy atom. The van der Waals surface area contributed by atoms with Gasteiger partial charge in [0.1, 0.15) is 6.33 Å². The first kappa shape index (κ1) is 20.6. The molecule has 2 aromatic heterocycles. The maximum atomic E-state index is 11.2. The Morgan fingerprint density at radius 1 is 1.03 bits per heavy atom. The Morgan fingerprint density at radius 2 is 1.75 bits per heavy atom. The third-order valence-electron chi connectivity index (χ3n) is 4.55. The average Bonchev–Trinajstić information content (AvgIpc) is 3.13. The number of hydrogen-bond acceptors (Lipinski definition) is 11. The number of hydrogen-bond donors (Lipinski definition) is 2. The van der Waals surface area contributed by atoms with E-state index in [-0.39, 0.29) is 23.5 Å². The molecule has 4 aromatic rings. The lowest BCUT2D eigenvalue weighted by molar-refractivity contribution is -0.384. The topological polar surface area (TPSA) is 165 Å². The molecule has 0 fully saturated rings. The molecule has 0 aliphatic carbocycles. The predicted molar refractivity (Wildman–Crippen MR) is 115 cm³/mol. The van der Waals surface area contributed by atoms with Gasteiger partial charge in [-0.25, -0.2) is 19.5 Å². The summed E-state index contributed by atoms with van der Waals surface area (Å²) < 4.78 is 17.4. The molecule has 13 heteroatoms. The molecule has 0 saturated heterocycles. The molecule has 0 atom stereocenters. The van der Waals surface area contributed by atoms with E-state index in [1.54, 1.807) is 12.1 Å². The van der Waals surface area contributed by atoms with Crippen molar-refractivity contribution in [2.75, 3.05) is 32.4 Å². The van der Waals surface area contributed by atoms with E-state index < -0.39 is 4.92 Å². The number of nitrogen functional groups attached to an aromatic ring is 1. The first-order valence-electron chi connectivity index (χ1n) is 9.14. The lowest BCUT2D eigenvalue weighted by Gasteiger charge is -2.14. The standard InChI is InChI=1S/C19H18N8O5/c1-30-14-6-10(7-15(31-2)16(14)32-3)23-18-21-9-22-19(25-18)26-13-8-11(27(28)29)4-5-12(13)24-17(26)20/h4-9H,1-3H3,(H2,20,24)(H,21,22,23,25). The van der Waals surface area contributed by atoms with Crippen molar-refractivity contribution in [2.45, 2.75) is 0 Å². The van der Waals surface area contributed by atoms with Crippen LogP contribution in [-0.4, -0.2) is 50.8 Å². The second-order valence-corrected chi connectivity index (χ2v) is 6.38. The fourth-order valence-corrected chi connectivity index (χ4v) is 3.14. The van der Waals surface area contributed by atoms with Gasteiger partial charge in [-0.05, 0) is 6.07 Å². The van der Waals surface area contributed by atoms with Crippen molar-refractivity contribution in [2.24, 2.45) is 0 Å². The number of nitrogens with zero attached hydrogens (tertiary/aromatic N) is 6. The van der Waals surface area contributed by atoms with Crippen LogP contribution in [0.4, 0.5) is 23.3 Å². The number of nitro groups is 1. The van der Waals surface area contributed by atoms with E-state index >= 15 is 0 Å². The Kier molecular flexibility index (Phi) is 5.29. The number of ether oxygens (including phenoxy) is 3. The average molecular weight is 438 g/mol. The monoisotopic (exact) mass is 438 g/mol. The molecule has 164 valence electrons. The number of non-ortho nitro benzene ring substituents is 1. The van der Waals surface area contributed by atoms with Gasteiger partial charge in [0.15, 0.2) is 11.5 Å². The van der Waals surface area contributed by atoms with Crippen molar-refractivity contribution in [3.8, 4) is 23.2 Å². The molecule has 3 N–H and O–H groups in total. The Bertz CT molecular complexity index is 1300. The van der Waals surface area contributed by atoms with E-state index in [2.05, 4.69) is 25.3 Å². The number of fused-ring (bicyclic) bond motifs is 1. The van der Waals surface area contributed by atoms with Gasteiger partial charge in [0.2, 0.25) is 23.6 Å². The first-order chi connectivity index (χ1) is 15.4. The lowest BCUT2D eigenvalue weighted by atomic mass is 10.2. The van der Waals surface area contributed by atoms with Gasteiger partial charge in [0.05, 0.1) is 37.3 Å². The van der Waals surface area contributed by atoms with E-state index in [9.17, 15) is 10.1 Å². The van der Waals surface area contributed by atoms with E-state index in [1.807, 2.05) is 0 Å². The van der Waals surface area contributed by atoms with E-state index in [0.29, 0.717) is 34.0 Å². The highest BCUT2D eigenvalue weighted by molar-refractivity contribution is 5.82. The van der Waals surface area contributed by atoms with Crippen molar-refractivity contribution in [3.63, 3.8) is 0 Å². The molecule has 0 bridgehead atoms. The van der Waals surface area contributed by atoms with Gasteiger partial charge in [-0.3, -0.25) is 10.1 Å². The van der Waals surface area contributed by atoms with Gasteiger partial charge in [-0.1, -0.05) is 0 Å². The molecule has 0 aliphatic heterocycles. The van der Waals surface area contributed by atoms with Crippen LogP contribution in [-0.2, 0) is 0 Å². The molecule has 0 radical (unpaired) electrons. The number of benzene rings is 2. The largest absolute Gasteiger partial charge is 0.493 e. The van der Waals surface area contributed by atoms with E-state index in [1.165, 1.54) is 50.4 Å². The van der Waals surface area contributed by atoms with Crippen LogP contribution >= 0.6 is 0 Å². The SMILES string of the molecule is COc1cc(Nc2ncnc(-n3c(N)nc4ccc([N+](=O)[O-])cc43)n2)cc(OC)c1OC. The van der Waals surface area contributed by atoms with Crippen molar-refractivity contribution in [1.82, 2.24) is 24.5 Å². The van der Waals surface area contributed by atoms with Gasteiger partial charge in [-0.2, -0.15) is 4.98 Å². The molecular weight excluding hydrogens is 420 g/mol. The summed E-state index contributed by atoms with van der Waals surface area (Å²) in [7, 11) is 4.53. The van der Waals surface area contributed by atoms with Crippen molar-refractivity contribution in [3.05, 3.63) is 46.8 Å². The molecule has 2 aromatic carbocycles. The smallest absolute Gasteiger partial charge is 0.271 e. The number of methoxy groups -OCH3 is 3. The molecular formula is C19H18N8O5. The molecule has 0 amide bonds. The molecule has 0 saturated carbocycles. The van der Waals surface area contributed by atoms with Gasteiger partial charge in [0.25, 0.3) is 5.69 Å². The molecule has 0 spiro atoms. The zero-order valence-corrected chi connectivity index (χ0v) is 17.3. The summed E-state index contributed by atoms with van der Waals surface area (Å²) >= 11 is 0. The Balaban J connectivity index is 1.75. The number of rotatable bonds is 7. The number of nitro benzene ring substituents is 1. The number of anilines is 3. The summed E-state index contributed by atoms with van der Waals surface area (Å²) in [6, 6.07) is 7.60. The summed E-state index contributed by atoms with van der Waals surface area (Å²) in [6.07, 6.45) is 1.28. The van der Waals surface area contributed by atoms with Crippen molar-refractivity contribution in [1.29, 1.82) is 0 Å². The highest BCUT2D eigenvalue weighted by Crippen LogP contribution is 2.40. The Labute approximate surface area is 181 Å². The maximum absolute atomic E-state index is 11.2. The van der Waals surface area contributed by atoms with Gasteiger partial charge in [0, 0.05) is 30.0 Å². The second-order valence-electron chi connectivity index (χ2n) is 6.38. The third kappa shape index (κ3) is 3.62. The molecule has 13 nitrogen and oxygen atoms in total. The van der Waals surface area contributed by atoms with Gasteiger partial charge >= 0.3 is 0 Å². The molecule has 0 aliphatic rings. The molecule has 2 heterocycles. The highest BCUT2D eigenvalue weighted by Gasteiger charge is 2.18. The van der Waals surface area contributed by atoms with E-state index in [4.69, 9.17) is 19.9 Å². The maximum Gasteiger partial charge on any atom is 0.271 e. The predicted octanol–water partition coefficient (Wildman–Crippen LogP) is 2.47. The second kappa shape index (κ2) is 8.22. The first-order valence-corrected chi connectivity index (χ1v) is 9.14. The van der Waals surface area contributed by atoms with Crippen LogP contribution in [0.25, 0.3) is 17.0 Å². The summed E-state index contributed by atoms with van der Waals surface area (Å²) in [4.78, 5) is 27.5. The van der Waals surface area contributed by atoms with Crippen LogP contribution in [0.2, 0.25) is 0 Å². The van der Waals surface area contributed by atoms with Crippen LogP contribution in [0, 0.1) is 10.1 Å². The van der Waals surface area contributed by atoms with Gasteiger partial charge in [-0.15, -0.1) is 0 Å². The minimum Gasteiger partial charge on any atom is -0.493 e. The van der Waals surface area contributed by atoms with Crippen LogP contribution in [0.5, 0.6) is 17.2 Å². The summed E-state index contributed by atoms with van der Waals surface area (Å²) in [5, 5.41) is 14.2. The normalized spacial score (nSPS) is 10.7.